The fraction of sp³-hybridized carbons (Fsp3) is 0.520. The van der Waals surface area contributed by atoms with E-state index in [0.717, 1.165) is 11.6 Å². The van der Waals surface area contributed by atoms with Crippen LogP contribution in [0.3, 0.4) is 0 Å². The Morgan fingerprint density at radius 3 is 2.62 bits per heavy atom. The molecule has 0 amide bonds. The van der Waals surface area contributed by atoms with Gasteiger partial charge in [-0.2, -0.15) is 0 Å². The number of nitrogens with zero attached hydrogens (tertiary/aromatic N) is 1. The van der Waals surface area contributed by atoms with Crippen molar-refractivity contribution in [3.05, 3.63) is 59.2 Å². The van der Waals surface area contributed by atoms with Gasteiger partial charge in [0.05, 0.1) is 7.11 Å². The van der Waals surface area contributed by atoms with Crippen LogP contribution in [0.4, 0.5) is 8.78 Å². The molecule has 0 saturated heterocycles. The number of benzene rings is 2. The summed E-state index contributed by atoms with van der Waals surface area (Å²) in [5.41, 5.74) is 1.20. The fourth-order valence-electron chi connectivity index (χ4n) is 4.21. The Hall–Kier alpha value is -2.22. The summed E-state index contributed by atoms with van der Waals surface area (Å²) in [6.45, 7) is 1.43. The molecule has 0 aliphatic heterocycles. The smallest absolute Gasteiger partial charge is 0.163 e. The van der Waals surface area contributed by atoms with Gasteiger partial charge in [-0.15, -0.1) is 0 Å². The number of hydrogen-bond acceptors (Lipinski definition) is 5. The molecular weight excluding hydrogens is 414 g/mol. The Bertz CT molecular complexity index is 859. The molecule has 1 aliphatic carbocycles. The number of nitrogens with one attached hydrogen (secondary N) is 1. The van der Waals surface area contributed by atoms with Gasteiger partial charge in [-0.05, 0) is 43.7 Å². The molecule has 1 fully saturated rings. The molecule has 176 valence electrons. The minimum atomic E-state index is -0.848. The first kappa shape index (κ1) is 24.4. The van der Waals surface area contributed by atoms with Crippen LogP contribution in [0.1, 0.15) is 43.2 Å². The highest BCUT2D eigenvalue weighted by Gasteiger charge is 2.20. The van der Waals surface area contributed by atoms with Crippen molar-refractivity contribution in [3.63, 3.8) is 0 Å². The molecule has 2 aromatic carbocycles. The van der Waals surface area contributed by atoms with Crippen LogP contribution >= 0.6 is 0 Å². The van der Waals surface area contributed by atoms with Gasteiger partial charge in [0, 0.05) is 31.2 Å². The van der Waals surface area contributed by atoms with Crippen LogP contribution in [0.5, 0.6) is 11.5 Å². The normalized spacial score (nSPS) is 15.7. The van der Waals surface area contributed by atoms with Crippen LogP contribution in [0.15, 0.2) is 36.4 Å². The second-order valence-electron chi connectivity index (χ2n) is 8.50. The summed E-state index contributed by atoms with van der Waals surface area (Å²) in [7, 11) is 3.63. The van der Waals surface area contributed by atoms with Gasteiger partial charge in [0.1, 0.15) is 12.7 Å². The van der Waals surface area contributed by atoms with Gasteiger partial charge < -0.3 is 24.8 Å². The van der Waals surface area contributed by atoms with Crippen LogP contribution < -0.4 is 14.8 Å². The van der Waals surface area contributed by atoms with E-state index in [9.17, 15) is 13.9 Å². The monoisotopic (exact) mass is 448 g/mol. The van der Waals surface area contributed by atoms with E-state index >= 15 is 0 Å². The van der Waals surface area contributed by atoms with Gasteiger partial charge in [0.2, 0.25) is 0 Å². The lowest BCUT2D eigenvalue weighted by Gasteiger charge is -2.32. The molecule has 32 heavy (non-hydrogen) atoms. The van der Waals surface area contributed by atoms with E-state index < -0.39 is 17.7 Å². The average Bonchev–Trinajstić information content (AvgIpc) is 2.81. The van der Waals surface area contributed by atoms with Gasteiger partial charge in [0.15, 0.2) is 23.1 Å². The summed E-state index contributed by atoms with van der Waals surface area (Å²) in [5, 5.41) is 13.5. The Balaban J connectivity index is 1.48. The van der Waals surface area contributed by atoms with Crippen LogP contribution in [0.2, 0.25) is 0 Å². The van der Waals surface area contributed by atoms with Gasteiger partial charge >= 0.3 is 0 Å². The van der Waals surface area contributed by atoms with E-state index in [2.05, 4.69) is 17.3 Å². The van der Waals surface area contributed by atoms with Crippen molar-refractivity contribution in [3.8, 4) is 11.5 Å². The number of ether oxygens (including phenoxy) is 2. The lowest BCUT2D eigenvalue weighted by molar-refractivity contribution is 0.0553. The topological polar surface area (TPSA) is 54.0 Å². The quantitative estimate of drug-likeness (QED) is 0.538. The largest absolute Gasteiger partial charge is 0.493 e. The third kappa shape index (κ3) is 6.89. The first-order valence-electron chi connectivity index (χ1n) is 11.3. The maximum Gasteiger partial charge on any atom is 0.163 e. The van der Waals surface area contributed by atoms with Crippen molar-refractivity contribution in [2.75, 3.05) is 27.3 Å². The minimum Gasteiger partial charge on any atom is -0.493 e. The molecule has 1 atom stereocenters. The van der Waals surface area contributed by atoms with E-state index in [0.29, 0.717) is 30.6 Å². The summed E-state index contributed by atoms with van der Waals surface area (Å²) < 4.78 is 38.3. The van der Waals surface area contributed by atoms with Gasteiger partial charge in [-0.1, -0.05) is 37.5 Å². The van der Waals surface area contributed by atoms with Crippen molar-refractivity contribution in [2.45, 2.75) is 57.3 Å². The van der Waals surface area contributed by atoms with Gasteiger partial charge in [-0.25, -0.2) is 8.78 Å². The number of hydrogen-bond donors (Lipinski definition) is 2. The number of aliphatic hydroxyl groups excluding tert-OH is 1. The third-order valence-electron chi connectivity index (χ3n) is 6.03. The summed E-state index contributed by atoms with van der Waals surface area (Å²) in [6.07, 6.45) is 5.63. The Kier molecular flexibility index (Phi) is 9.26. The van der Waals surface area contributed by atoms with Crippen LogP contribution in [0.25, 0.3) is 0 Å². The molecule has 2 aromatic rings. The summed E-state index contributed by atoms with van der Waals surface area (Å²) in [6, 6.07) is 10.2. The van der Waals surface area contributed by atoms with Crippen molar-refractivity contribution in [2.24, 2.45) is 0 Å². The lowest BCUT2D eigenvalue weighted by atomic mass is 9.94. The Morgan fingerprint density at radius 1 is 1.09 bits per heavy atom. The average molecular weight is 449 g/mol. The van der Waals surface area contributed by atoms with Crippen LogP contribution in [-0.4, -0.2) is 49.5 Å². The first-order valence-corrected chi connectivity index (χ1v) is 11.3. The van der Waals surface area contributed by atoms with E-state index in [1.807, 2.05) is 12.1 Å². The molecule has 2 N–H and O–H groups in total. The number of methoxy groups -OCH3 is 1. The second-order valence-corrected chi connectivity index (χ2v) is 8.50. The molecule has 1 aliphatic rings. The molecule has 0 heterocycles. The molecule has 3 rings (SSSR count). The molecule has 0 bridgehead atoms. The van der Waals surface area contributed by atoms with Crippen LogP contribution in [0, 0.1) is 11.6 Å². The van der Waals surface area contributed by atoms with Crippen molar-refractivity contribution < 1.29 is 23.4 Å². The molecule has 7 heteroatoms. The van der Waals surface area contributed by atoms with Crippen LogP contribution in [-0.2, 0) is 13.1 Å². The molecule has 0 aromatic heterocycles. The fourth-order valence-corrected chi connectivity index (χ4v) is 4.21. The number of aliphatic hydroxyl groups is 1. The zero-order valence-corrected chi connectivity index (χ0v) is 18.9. The lowest BCUT2D eigenvalue weighted by Crippen LogP contribution is -2.40. The van der Waals surface area contributed by atoms with Crippen molar-refractivity contribution in [1.82, 2.24) is 10.2 Å². The molecule has 0 spiro atoms. The van der Waals surface area contributed by atoms with E-state index in [4.69, 9.17) is 9.47 Å². The predicted molar refractivity (Wildman–Crippen MR) is 121 cm³/mol. The van der Waals surface area contributed by atoms with E-state index in [-0.39, 0.29) is 18.7 Å². The van der Waals surface area contributed by atoms with Crippen molar-refractivity contribution >= 4 is 0 Å². The number of likely N-dealkylation sites (N-methyl/N-ethyl adjacent to an activating group) is 1. The highest BCUT2D eigenvalue weighted by molar-refractivity contribution is 5.43. The van der Waals surface area contributed by atoms with Crippen molar-refractivity contribution in [1.29, 1.82) is 0 Å². The van der Waals surface area contributed by atoms with E-state index in [1.165, 1.54) is 38.2 Å². The summed E-state index contributed by atoms with van der Waals surface area (Å²) >= 11 is 0. The van der Waals surface area contributed by atoms with E-state index in [1.54, 1.807) is 19.2 Å². The summed E-state index contributed by atoms with van der Waals surface area (Å²) in [5.74, 6) is -0.547. The maximum atomic E-state index is 13.8. The molecule has 0 radical (unpaired) electrons. The second kappa shape index (κ2) is 12.1. The summed E-state index contributed by atoms with van der Waals surface area (Å²) in [4.78, 5) is 2.24. The highest BCUT2D eigenvalue weighted by atomic mass is 19.2. The maximum absolute atomic E-state index is 13.8. The third-order valence-corrected chi connectivity index (χ3v) is 6.03. The standard InChI is InChI=1S/C25H34F2N2O3/c1-29(20-8-4-3-5-9-20)16-21(30)17-32-23-12-11-18(13-24(23)31-2)14-28-15-19-7-6-10-22(26)25(19)27/h6-7,10-13,20-21,28,30H,3-5,8-9,14-17H2,1-2H3/t21-/m0/s1. The van der Waals surface area contributed by atoms with Gasteiger partial charge in [0.25, 0.3) is 0 Å². The first-order chi connectivity index (χ1) is 15.5. The zero-order valence-electron chi connectivity index (χ0n) is 18.9. The Morgan fingerprint density at radius 2 is 1.88 bits per heavy atom. The highest BCUT2D eigenvalue weighted by Crippen LogP contribution is 2.28. The zero-order chi connectivity index (χ0) is 22.9. The molecule has 1 saturated carbocycles. The number of halogens is 2. The Labute approximate surface area is 189 Å². The molecular formula is C25H34F2N2O3. The minimum absolute atomic E-state index is 0.184. The predicted octanol–water partition coefficient (Wildman–Crippen LogP) is 4.27. The number of rotatable bonds is 11. The SMILES string of the molecule is COc1cc(CNCc2cccc(F)c2F)ccc1OC[C@@H](O)CN(C)C1CCCCC1. The van der Waals surface area contributed by atoms with Gasteiger partial charge in [-0.3, -0.25) is 0 Å². The molecule has 5 nitrogen and oxygen atoms in total. The molecule has 0 unspecified atom stereocenters.